The quantitative estimate of drug-likeness (QED) is 0.546. The average Bonchev–Trinajstić information content (AvgIpc) is 3.09. The van der Waals surface area contributed by atoms with Crippen LogP contribution in [0.15, 0.2) is 53.7 Å². The normalized spacial score (nSPS) is 11.9. The Morgan fingerprint density at radius 1 is 1.28 bits per heavy atom. The molecule has 0 aliphatic heterocycles. The zero-order chi connectivity index (χ0) is 20.5. The number of fused-ring (bicyclic) bond motifs is 1. The van der Waals surface area contributed by atoms with Gasteiger partial charge in [-0.2, -0.15) is 10.4 Å². The topological polar surface area (TPSA) is 127 Å². The number of aromatic nitrogens is 5. The number of nitrogens with zero attached hydrogens (tertiary/aromatic N) is 6. The van der Waals surface area contributed by atoms with Crippen LogP contribution in [0.4, 0.5) is 16.0 Å². The lowest BCUT2D eigenvalue weighted by molar-refractivity contribution is 0.620. The standard InChI is InChI=1S/C19H15FN8O/c1-11(25-17-14(8-21)16(22)23-10-24-17)18-26-27-9-12(20)7-15(27)19(29)28(18)13-5-3-2-4-6-13/h2-7,9-11H,1H3,(H3,22,23,24,25)/t11-/m0/s1. The number of para-hydroxylation sites is 1. The molecular weight excluding hydrogens is 375 g/mol. The molecule has 4 rings (SSSR count). The Morgan fingerprint density at radius 2 is 2.03 bits per heavy atom. The van der Waals surface area contributed by atoms with Crippen LogP contribution in [0.1, 0.15) is 24.4 Å². The maximum absolute atomic E-state index is 13.8. The molecule has 0 fully saturated rings. The Labute approximate surface area is 163 Å². The molecule has 0 amide bonds. The molecule has 3 heterocycles. The molecule has 3 aromatic heterocycles. The van der Waals surface area contributed by atoms with Crippen molar-refractivity contribution in [3.8, 4) is 11.8 Å². The zero-order valence-corrected chi connectivity index (χ0v) is 15.2. The van der Waals surface area contributed by atoms with Gasteiger partial charge in [0.1, 0.15) is 40.9 Å². The van der Waals surface area contributed by atoms with Gasteiger partial charge < -0.3 is 11.1 Å². The van der Waals surface area contributed by atoms with E-state index in [1.54, 1.807) is 31.2 Å². The summed E-state index contributed by atoms with van der Waals surface area (Å²) in [4.78, 5) is 21.0. The molecular formula is C19H15FN8O. The molecule has 3 N–H and O–H groups in total. The van der Waals surface area contributed by atoms with E-state index in [1.165, 1.54) is 15.4 Å². The summed E-state index contributed by atoms with van der Waals surface area (Å²) >= 11 is 0. The summed E-state index contributed by atoms with van der Waals surface area (Å²) in [7, 11) is 0. The maximum atomic E-state index is 13.8. The summed E-state index contributed by atoms with van der Waals surface area (Å²) < 4.78 is 16.4. The molecule has 29 heavy (non-hydrogen) atoms. The molecule has 0 radical (unpaired) electrons. The molecule has 0 saturated heterocycles. The maximum Gasteiger partial charge on any atom is 0.282 e. The van der Waals surface area contributed by atoms with Crippen LogP contribution in [0.2, 0.25) is 0 Å². The largest absolute Gasteiger partial charge is 0.382 e. The second-order valence-corrected chi connectivity index (χ2v) is 6.28. The molecule has 1 atom stereocenters. The number of nitrogens with two attached hydrogens (primary N) is 1. The van der Waals surface area contributed by atoms with Crippen LogP contribution >= 0.6 is 0 Å². The monoisotopic (exact) mass is 390 g/mol. The zero-order valence-electron chi connectivity index (χ0n) is 15.2. The lowest BCUT2D eigenvalue weighted by Crippen LogP contribution is -2.29. The van der Waals surface area contributed by atoms with Crippen molar-refractivity contribution in [3.05, 3.63) is 76.5 Å². The van der Waals surface area contributed by atoms with Gasteiger partial charge in [-0.1, -0.05) is 18.2 Å². The molecule has 144 valence electrons. The van der Waals surface area contributed by atoms with E-state index in [9.17, 15) is 14.4 Å². The first-order chi connectivity index (χ1) is 14.0. The van der Waals surface area contributed by atoms with E-state index < -0.39 is 17.4 Å². The molecule has 0 aliphatic rings. The molecule has 0 aliphatic carbocycles. The molecule has 4 aromatic rings. The van der Waals surface area contributed by atoms with E-state index in [0.29, 0.717) is 11.5 Å². The second kappa shape index (κ2) is 7.05. The first-order valence-electron chi connectivity index (χ1n) is 8.63. The molecule has 10 heteroatoms. The van der Waals surface area contributed by atoms with Gasteiger partial charge in [0.15, 0.2) is 5.82 Å². The predicted octanol–water partition coefficient (Wildman–Crippen LogP) is 2.04. The molecule has 0 spiro atoms. The number of nitrogens with one attached hydrogen (secondary N) is 1. The van der Waals surface area contributed by atoms with Gasteiger partial charge in [0, 0.05) is 6.07 Å². The summed E-state index contributed by atoms with van der Waals surface area (Å²) in [5.41, 5.74) is 6.07. The van der Waals surface area contributed by atoms with Gasteiger partial charge in [-0.15, -0.1) is 0 Å². The predicted molar refractivity (Wildman–Crippen MR) is 104 cm³/mol. The van der Waals surface area contributed by atoms with Crippen molar-refractivity contribution in [3.63, 3.8) is 0 Å². The van der Waals surface area contributed by atoms with Gasteiger partial charge in [0.2, 0.25) is 0 Å². The summed E-state index contributed by atoms with van der Waals surface area (Å²) in [5.74, 6) is -0.0265. The number of nitrogen functional groups attached to an aromatic ring is 1. The van der Waals surface area contributed by atoms with Gasteiger partial charge in [0.25, 0.3) is 5.56 Å². The fourth-order valence-electron chi connectivity index (χ4n) is 3.03. The molecule has 0 saturated carbocycles. The molecule has 9 nitrogen and oxygen atoms in total. The van der Waals surface area contributed by atoms with Crippen molar-refractivity contribution in [2.45, 2.75) is 13.0 Å². The smallest absolute Gasteiger partial charge is 0.282 e. The van der Waals surface area contributed by atoms with Crippen LogP contribution < -0.4 is 16.6 Å². The van der Waals surface area contributed by atoms with E-state index in [-0.39, 0.29) is 22.7 Å². The minimum absolute atomic E-state index is 0.0357. The SMILES string of the molecule is C[C@H](Nc1ncnc(N)c1C#N)c1nn2cc(F)cc2c(=O)n1-c1ccccc1. The van der Waals surface area contributed by atoms with Gasteiger partial charge in [-0.25, -0.2) is 18.9 Å². The summed E-state index contributed by atoms with van der Waals surface area (Å²) in [6, 6.07) is 11.4. The number of hydrogen-bond acceptors (Lipinski definition) is 7. The lowest BCUT2D eigenvalue weighted by Gasteiger charge is -2.20. The lowest BCUT2D eigenvalue weighted by atomic mass is 10.2. The van der Waals surface area contributed by atoms with Gasteiger partial charge >= 0.3 is 0 Å². The van der Waals surface area contributed by atoms with Crippen molar-refractivity contribution in [2.75, 3.05) is 11.1 Å². The fraction of sp³-hybridized carbons (Fsp3) is 0.105. The third-order valence-corrected chi connectivity index (χ3v) is 4.37. The van der Waals surface area contributed by atoms with E-state index in [0.717, 1.165) is 12.3 Å². The summed E-state index contributed by atoms with van der Waals surface area (Å²) in [5, 5.41) is 16.8. The first-order valence-corrected chi connectivity index (χ1v) is 8.63. The Bertz CT molecular complexity index is 1310. The first kappa shape index (κ1) is 18.1. The van der Waals surface area contributed by atoms with E-state index >= 15 is 0 Å². The van der Waals surface area contributed by atoms with Crippen LogP contribution in [0, 0.1) is 17.1 Å². The Hall–Kier alpha value is -4.26. The summed E-state index contributed by atoms with van der Waals surface area (Å²) in [6.45, 7) is 1.74. The molecule has 0 unspecified atom stereocenters. The van der Waals surface area contributed by atoms with Crippen molar-refractivity contribution in [1.29, 1.82) is 5.26 Å². The Balaban J connectivity index is 1.90. The van der Waals surface area contributed by atoms with Crippen LogP contribution in [-0.4, -0.2) is 24.1 Å². The number of nitriles is 1. The summed E-state index contributed by atoms with van der Waals surface area (Å²) in [6.07, 6.45) is 2.36. The van der Waals surface area contributed by atoms with Gasteiger partial charge in [-0.05, 0) is 19.1 Å². The van der Waals surface area contributed by atoms with Crippen molar-refractivity contribution in [2.24, 2.45) is 0 Å². The number of rotatable bonds is 4. The highest BCUT2D eigenvalue weighted by molar-refractivity contribution is 5.62. The van der Waals surface area contributed by atoms with E-state index in [1.807, 2.05) is 12.1 Å². The third-order valence-electron chi connectivity index (χ3n) is 4.37. The van der Waals surface area contributed by atoms with Gasteiger partial charge in [-0.3, -0.25) is 9.36 Å². The van der Waals surface area contributed by atoms with Crippen molar-refractivity contribution in [1.82, 2.24) is 24.1 Å². The Kier molecular flexibility index (Phi) is 4.40. The van der Waals surface area contributed by atoms with Crippen LogP contribution in [-0.2, 0) is 0 Å². The van der Waals surface area contributed by atoms with Crippen LogP contribution in [0.5, 0.6) is 0 Å². The third kappa shape index (κ3) is 3.14. The van der Waals surface area contributed by atoms with Crippen LogP contribution in [0.3, 0.4) is 0 Å². The Morgan fingerprint density at radius 3 is 2.76 bits per heavy atom. The highest BCUT2D eigenvalue weighted by Crippen LogP contribution is 2.22. The number of halogens is 1. The van der Waals surface area contributed by atoms with Crippen LogP contribution in [0.25, 0.3) is 11.2 Å². The highest BCUT2D eigenvalue weighted by atomic mass is 19.1. The number of hydrogen-bond donors (Lipinski definition) is 2. The molecule has 1 aromatic carbocycles. The molecule has 0 bridgehead atoms. The van der Waals surface area contributed by atoms with Gasteiger partial charge in [0.05, 0.1) is 17.9 Å². The highest BCUT2D eigenvalue weighted by Gasteiger charge is 2.21. The van der Waals surface area contributed by atoms with Crippen molar-refractivity contribution >= 4 is 17.2 Å². The number of benzene rings is 1. The van der Waals surface area contributed by atoms with Crippen molar-refractivity contribution < 1.29 is 4.39 Å². The fourth-order valence-corrected chi connectivity index (χ4v) is 3.03. The minimum atomic E-state index is -0.584. The average molecular weight is 390 g/mol. The van der Waals surface area contributed by atoms with E-state index in [4.69, 9.17) is 5.73 Å². The second-order valence-electron chi connectivity index (χ2n) is 6.28. The minimum Gasteiger partial charge on any atom is -0.382 e. The van der Waals surface area contributed by atoms with E-state index in [2.05, 4.69) is 20.4 Å². The number of anilines is 2.